The lowest BCUT2D eigenvalue weighted by atomic mass is 10.1. The molecule has 2 nitrogen and oxygen atoms in total. The van der Waals surface area contributed by atoms with Gasteiger partial charge >= 0.3 is 0 Å². The minimum absolute atomic E-state index is 0.832. The minimum Gasteiger partial charge on any atom is -0.493 e. The number of nitrogens with one attached hydrogen (secondary N) is 1. The van der Waals surface area contributed by atoms with Gasteiger partial charge in [0.15, 0.2) is 0 Å². The van der Waals surface area contributed by atoms with Crippen LogP contribution in [-0.2, 0) is 13.0 Å². The molecular weight excluding hydrogens is 278 g/mol. The fourth-order valence-electron chi connectivity index (χ4n) is 2.55. The van der Waals surface area contributed by atoms with Crippen molar-refractivity contribution in [2.45, 2.75) is 26.3 Å². The van der Waals surface area contributed by atoms with Gasteiger partial charge in [-0.2, -0.15) is 0 Å². The number of ether oxygens (including phenoxy) is 1. The molecule has 0 aromatic heterocycles. The van der Waals surface area contributed by atoms with Crippen molar-refractivity contribution in [3.05, 3.63) is 27.7 Å². The summed E-state index contributed by atoms with van der Waals surface area (Å²) in [5.74, 6) is 2.94. The summed E-state index contributed by atoms with van der Waals surface area (Å²) in [4.78, 5) is 0. The zero-order valence-corrected chi connectivity index (χ0v) is 11.7. The molecule has 0 saturated heterocycles. The van der Waals surface area contributed by atoms with E-state index in [1.165, 1.54) is 22.0 Å². The van der Waals surface area contributed by atoms with E-state index in [0.29, 0.717) is 0 Å². The highest BCUT2D eigenvalue weighted by Gasteiger charge is 2.31. The molecule has 0 amide bonds. The van der Waals surface area contributed by atoms with Gasteiger partial charge in [-0.25, -0.2) is 0 Å². The van der Waals surface area contributed by atoms with Gasteiger partial charge in [-0.05, 0) is 42.5 Å². The maximum atomic E-state index is 5.72. The average molecular weight is 296 g/mol. The molecule has 17 heavy (non-hydrogen) atoms. The first-order valence-corrected chi connectivity index (χ1v) is 7.18. The van der Waals surface area contributed by atoms with E-state index in [9.17, 15) is 0 Å². The lowest BCUT2D eigenvalue weighted by Gasteiger charge is -2.10. The van der Waals surface area contributed by atoms with Crippen molar-refractivity contribution in [3.8, 4) is 5.75 Å². The predicted molar refractivity (Wildman–Crippen MR) is 72.3 cm³/mol. The van der Waals surface area contributed by atoms with E-state index in [-0.39, 0.29) is 0 Å². The Balaban J connectivity index is 1.65. The minimum atomic E-state index is 0.832. The van der Waals surface area contributed by atoms with Gasteiger partial charge < -0.3 is 10.1 Å². The molecule has 3 heteroatoms. The summed E-state index contributed by atoms with van der Waals surface area (Å²) in [6.07, 6.45) is 2.43. The number of rotatable bonds is 4. The first-order valence-electron chi connectivity index (χ1n) is 6.39. The molecule has 1 aliphatic carbocycles. The van der Waals surface area contributed by atoms with Crippen molar-refractivity contribution < 1.29 is 4.74 Å². The van der Waals surface area contributed by atoms with Gasteiger partial charge in [0.25, 0.3) is 0 Å². The zero-order chi connectivity index (χ0) is 11.8. The summed E-state index contributed by atoms with van der Waals surface area (Å²) < 4.78 is 6.88. The summed E-state index contributed by atoms with van der Waals surface area (Å²) in [6.45, 7) is 5.22. The molecule has 0 spiro atoms. The lowest BCUT2D eigenvalue weighted by molar-refractivity contribution is 0.352. The van der Waals surface area contributed by atoms with Crippen molar-refractivity contribution in [2.24, 2.45) is 11.8 Å². The Hall–Kier alpha value is -0.540. The molecule has 2 atom stereocenters. The van der Waals surface area contributed by atoms with Crippen LogP contribution in [0.5, 0.6) is 5.75 Å². The Morgan fingerprint density at radius 2 is 2.29 bits per heavy atom. The molecule has 1 N–H and O–H groups in total. The molecule has 3 rings (SSSR count). The van der Waals surface area contributed by atoms with Gasteiger partial charge in [0.1, 0.15) is 5.75 Å². The van der Waals surface area contributed by atoms with Crippen LogP contribution in [0.4, 0.5) is 0 Å². The van der Waals surface area contributed by atoms with Crippen LogP contribution < -0.4 is 10.1 Å². The zero-order valence-electron chi connectivity index (χ0n) is 10.1. The first-order chi connectivity index (χ1) is 8.24. The lowest BCUT2D eigenvalue weighted by Crippen LogP contribution is -2.17. The third-order valence-corrected chi connectivity index (χ3v) is 4.28. The quantitative estimate of drug-likeness (QED) is 0.921. The Morgan fingerprint density at radius 3 is 3.06 bits per heavy atom. The molecule has 1 aliphatic heterocycles. The first kappa shape index (κ1) is 11.5. The van der Waals surface area contributed by atoms with Crippen molar-refractivity contribution >= 4 is 15.9 Å². The van der Waals surface area contributed by atoms with E-state index in [0.717, 1.165) is 43.7 Å². The molecule has 2 unspecified atom stereocenters. The molecule has 0 bridgehead atoms. The van der Waals surface area contributed by atoms with E-state index < -0.39 is 0 Å². The van der Waals surface area contributed by atoms with Gasteiger partial charge in [0.2, 0.25) is 0 Å². The molecule has 1 heterocycles. The second-order valence-electron chi connectivity index (χ2n) is 5.26. The highest BCUT2D eigenvalue weighted by atomic mass is 79.9. The van der Waals surface area contributed by atoms with Crippen molar-refractivity contribution in [1.82, 2.24) is 5.32 Å². The summed E-state index contributed by atoms with van der Waals surface area (Å²) >= 11 is 3.58. The Bertz CT molecular complexity index is 432. The summed E-state index contributed by atoms with van der Waals surface area (Å²) in [5, 5.41) is 3.55. The summed E-state index contributed by atoms with van der Waals surface area (Å²) in [7, 11) is 0. The number of halogens is 1. The van der Waals surface area contributed by atoms with Gasteiger partial charge in [0.05, 0.1) is 6.61 Å². The maximum Gasteiger partial charge on any atom is 0.127 e. The smallest absolute Gasteiger partial charge is 0.127 e. The van der Waals surface area contributed by atoms with E-state index in [1.807, 2.05) is 0 Å². The summed E-state index contributed by atoms with van der Waals surface area (Å²) in [6, 6.07) is 4.35. The van der Waals surface area contributed by atoms with Crippen LogP contribution in [0.1, 0.15) is 24.5 Å². The van der Waals surface area contributed by atoms with Gasteiger partial charge in [0, 0.05) is 23.0 Å². The number of hydrogen-bond donors (Lipinski definition) is 1. The van der Waals surface area contributed by atoms with Gasteiger partial charge in [-0.3, -0.25) is 0 Å². The van der Waals surface area contributed by atoms with Crippen LogP contribution in [0, 0.1) is 11.8 Å². The van der Waals surface area contributed by atoms with E-state index >= 15 is 0 Å². The average Bonchev–Trinajstić information content (AvgIpc) is 2.79. The second kappa shape index (κ2) is 4.62. The fourth-order valence-corrected chi connectivity index (χ4v) is 3.11. The van der Waals surface area contributed by atoms with E-state index in [4.69, 9.17) is 4.74 Å². The molecule has 1 aromatic rings. The largest absolute Gasteiger partial charge is 0.493 e. The molecule has 1 saturated carbocycles. The van der Waals surface area contributed by atoms with Crippen LogP contribution in [0.25, 0.3) is 0 Å². The monoisotopic (exact) mass is 295 g/mol. The molecule has 0 radical (unpaired) electrons. The Labute approximate surface area is 111 Å². The number of hydrogen-bond acceptors (Lipinski definition) is 2. The third-order valence-electron chi connectivity index (χ3n) is 3.82. The number of fused-ring (bicyclic) bond motifs is 1. The summed E-state index contributed by atoms with van der Waals surface area (Å²) in [5.41, 5.74) is 2.64. The standard InChI is InChI=1S/C14H18BrNO/c1-9-4-11(9)7-16-8-12-6-13(15)5-10-2-3-17-14(10)12/h5-6,9,11,16H,2-4,7-8H2,1H3. The fraction of sp³-hybridized carbons (Fsp3) is 0.571. The molecule has 92 valence electrons. The van der Waals surface area contributed by atoms with E-state index in [2.05, 4.69) is 40.3 Å². The highest BCUT2D eigenvalue weighted by molar-refractivity contribution is 9.10. The van der Waals surface area contributed by atoms with E-state index in [1.54, 1.807) is 0 Å². The molecular formula is C14H18BrNO. The second-order valence-corrected chi connectivity index (χ2v) is 6.17. The number of benzene rings is 1. The van der Waals surface area contributed by atoms with Gasteiger partial charge in [-0.1, -0.05) is 22.9 Å². The predicted octanol–water partition coefficient (Wildman–Crippen LogP) is 3.13. The van der Waals surface area contributed by atoms with Crippen molar-refractivity contribution in [2.75, 3.05) is 13.2 Å². The van der Waals surface area contributed by atoms with Gasteiger partial charge in [-0.15, -0.1) is 0 Å². The SMILES string of the molecule is CC1CC1CNCc1cc(Br)cc2c1OCC2. The Kier molecular flexibility index (Phi) is 3.14. The normalized spacial score (nSPS) is 25.5. The third kappa shape index (κ3) is 2.50. The maximum absolute atomic E-state index is 5.72. The topological polar surface area (TPSA) is 21.3 Å². The van der Waals surface area contributed by atoms with Crippen LogP contribution in [0.2, 0.25) is 0 Å². The van der Waals surface area contributed by atoms with Crippen LogP contribution >= 0.6 is 15.9 Å². The van der Waals surface area contributed by atoms with Crippen molar-refractivity contribution in [1.29, 1.82) is 0 Å². The highest BCUT2D eigenvalue weighted by Crippen LogP contribution is 2.37. The molecule has 1 aromatic carbocycles. The molecule has 1 fully saturated rings. The molecule has 2 aliphatic rings. The Morgan fingerprint density at radius 1 is 1.47 bits per heavy atom. The van der Waals surface area contributed by atoms with Crippen LogP contribution in [-0.4, -0.2) is 13.2 Å². The van der Waals surface area contributed by atoms with Crippen LogP contribution in [0.3, 0.4) is 0 Å². The van der Waals surface area contributed by atoms with Crippen molar-refractivity contribution in [3.63, 3.8) is 0 Å². The van der Waals surface area contributed by atoms with Crippen LogP contribution in [0.15, 0.2) is 16.6 Å².